The van der Waals surface area contributed by atoms with E-state index in [9.17, 15) is 9.59 Å². The lowest BCUT2D eigenvalue weighted by atomic mass is 10.3. The molecule has 0 fully saturated rings. The first-order valence-corrected chi connectivity index (χ1v) is 2.87. The Hall–Kier alpha value is -0.360. The molecule has 1 unspecified atom stereocenters. The molecule has 2 amide bonds. The number of amides is 2. The molecule has 0 aromatic rings. The highest BCUT2D eigenvalue weighted by Gasteiger charge is 2.09. The molecule has 5 nitrogen and oxygen atoms in total. The number of imide groups is 1. The summed E-state index contributed by atoms with van der Waals surface area (Å²) in [5.41, 5.74) is 10.0. The van der Waals surface area contributed by atoms with Crippen molar-refractivity contribution in [1.82, 2.24) is 5.32 Å². The van der Waals surface area contributed by atoms with Crippen molar-refractivity contribution in [3.63, 3.8) is 0 Å². The summed E-state index contributed by atoms with van der Waals surface area (Å²) in [6, 6.07) is -0.671. The van der Waals surface area contributed by atoms with Crippen LogP contribution in [-0.4, -0.2) is 24.4 Å². The molecule has 12 heavy (non-hydrogen) atoms. The average Bonchev–Trinajstić information content (AvgIpc) is 1.87. The summed E-state index contributed by atoms with van der Waals surface area (Å²) < 4.78 is 0. The number of carbonyl (C=O) groups excluding carboxylic acids is 2. The highest BCUT2D eigenvalue weighted by molar-refractivity contribution is 5.98. The van der Waals surface area contributed by atoms with Crippen molar-refractivity contribution >= 4 is 36.6 Å². The zero-order chi connectivity index (χ0) is 8.15. The third kappa shape index (κ3) is 7.74. The van der Waals surface area contributed by atoms with Crippen LogP contribution in [0.2, 0.25) is 0 Å². The first kappa shape index (κ1) is 17.7. The van der Waals surface area contributed by atoms with Gasteiger partial charge in [-0.3, -0.25) is 14.9 Å². The van der Waals surface area contributed by atoms with E-state index >= 15 is 0 Å². The predicted octanol–water partition coefficient (Wildman–Crippen LogP) is -1.22. The van der Waals surface area contributed by atoms with E-state index in [1.54, 1.807) is 0 Å². The number of hydrogen-bond donors (Lipinski definition) is 3. The van der Waals surface area contributed by atoms with Crippen molar-refractivity contribution in [2.45, 2.75) is 13.0 Å². The Morgan fingerprint density at radius 1 is 1.42 bits per heavy atom. The van der Waals surface area contributed by atoms with E-state index < -0.39 is 17.9 Å². The zero-order valence-corrected chi connectivity index (χ0v) is 8.21. The molecule has 0 aromatic heterocycles. The second kappa shape index (κ2) is 8.73. The fourth-order valence-electron chi connectivity index (χ4n) is 0.302. The summed E-state index contributed by atoms with van der Waals surface area (Å²) >= 11 is 0. The molecule has 7 heteroatoms. The minimum atomic E-state index is -0.671. The van der Waals surface area contributed by atoms with E-state index in [2.05, 4.69) is 0 Å². The fourth-order valence-corrected chi connectivity index (χ4v) is 0.302. The molecule has 0 spiro atoms. The summed E-state index contributed by atoms with van der Waals surface area (Å²) in [6.45, 7) is 1.29. The van der Waals surface area contributed by atoms with Crippen LogP contribution in [0, 0.1) is 0 Å². The molecule has 0 heterocycles. The van der Waals surface area contributed by atoms with Crippen molar-refractivity contribution in [3.05, 3.63) is 0 Å². The van der Waals surface area contributed by atoms with Gasteiger partial charge in [0.1, 0.15) is 0 Å². The maximum atomic E-state index is 10.6. The minimum Gasteiger partial charge on any atom is -0.322 e. The molecule has 74 valence electrons. The molecule has 0 aromatic carbocycles. The molecule has 0 bridgehead atoms. The third-order valence-corrected chi connectivity index (χ3v) is 0.862. The Morgan fingerprint density at radius 3 is 2.08 bits per heavy atom. The molecule has 0 radical (unpaired) electrons. The summed E-state index contributed by atoms with van der Waals surface area (Å²) in [5.74, 6) is -1.02. The van der Waals surface area contributed by atoms with Crippen molar-refractivity contribution in [1.29, 1.82) is 0 Å². The fraction of sp³-hybridized carbons (Fsp3) is 0.600. The van der Waals surface area contributed by atoms with Crippen LogP contribution in [0.15, 0.2) is 0 Å². The van der Waals surface area contributed by atoms with Crippen LogP contribution in [0.25, 0.3) is 0 Å². The van der Waals surface area contributed by atoms with Crippen molar-refractivity contribution in [2.75, 3.05) is 6.54 Å². The van der Waals surface area contributed by atoms with Gasteiger partial charge in [-0.1, -0.05) is 0 Å². The zero-order valence-electron chi connectivity index (χ0n) is 6.57. The van der Waals surface area contributed by atoms with E-state index in [0.29, 0.717) is 0 Å². The molecule has 0 aliphatic rings. The smallest absolute Gasteiger partial charge is 0.243 e. The van der Waals surface area contributed by atoms with Crippen LogP contribution in [0.3, 0.4) is 0 Å². The second-order valence-corrected chi connectivity index (χ2v) is 1.91. The second-order valence-electron chi connectivity index (χ2n) is 1.91. The van der Waals surface area contributed by atoms with Gasteiger partial charge in [0.15, 0.2) is 0 Å². The Kier molecular flexibility index (Phi) is 12.8. The minimum absolute atomic E-state index is 0. The maximum Gasteiger partial charge on any atom is 0.243 e. The van der Waals surface area contributed by atoms with Crippen LogP contribution >= 0.6 is 24.8 Å². The first-order valence-electron chi connectivity index (χ1n) is 2.87. The molecule has 5 N–H and O–H groups in total. The van der Waals surface area contributed by atoms with Crippen LogP contribution < -0.4 is 16.8 Å². The standard InChI is InChI=1S/C5H11N3O2.2ClH/c1-3(7)5(10)8-4(9)2-6;;/h3H,2,6-7H2,1H3,(H,8,9,10);2*1H. The van der Waals surface area contributed by atoms with Gasteiger partial charge in [-0.25, -0.2) is 0 Å². The number of nitrogens with two attached hydrogens (primary N) is 2. The topological polar surface area (TPSA) is 98.2 Å². The summed E-state index contributed by atoms with van der Waals surface area (Å²) in [7, 11) is 0. The van der Waals surface area contributed by atoms with Gasteiger partial charge in [-0.15, -0.1) is 24.8 Å². The number of nitrogens with one attached hydrogen (secondary N) is 1. The van der Waals surface area contributed by atoms with Crippen LogP contribution in [0.4, 0.5) is 0 Å². The van der Waals surface area contributed by atoms with Crippen molar-refractivity contribution in [3.8, 4) is 0 Å². The van der Waals surface area contributed by atoms with Crippen molar-refractivity contribution < 1.29 is 9.59 Å². The van der Waals surface area contributed by atoms with E-state index in [0.717, 1.165) is 0 Å². The largest absolute Gasteiger partial charge is 0.322 e. The molecule has 0 aliphatic carbocycles. The van der Waals surface area contributed by atoms with Crippen LogP contribution in [0.5, 0.6) is 0 Å². The monoisotopic (exact) mass is 217 g/mol. The van der Waals surface area contributed by atoms with Crippen molar-refractivity contribution in [2.24, 2.45) is 11.5 Å². The van der Waals surface area contributed by atoms with Gasteiger partial charge in [0.05, 0.1) is 12.6 Å². The lowest BCUT2D eigenvalue weighted by Gasteiger charge is -2.03. The molecular weight excluding hydrogens is 205 g/mol. The number of halogens is 2. The lowest BCUT2D eigenvalue weighted by Crippen LogP contribution is -2.43. The normalized spacial score (nSPS) is 10.2. The highest BCUT2D eigenvalue weighted by Crippen LogP contribution is 1.73. The van der Waals surface area contributed by atoms with Gasteiger partial charge in [0, 0.05) is 0 Å². The third-order valence-electron chi connectivity index (χ3n) is 0.862. The maximum absolute atomic E-state index is 10.6. The van der Waals surface area contributed by atoms with E-state index in [-0.39, 0.29) is 31.4 Å². The predicted molar refractivity (Wildman–Crippen MR) is 50.3 cm³/mol. The number of hydrogen-bond acceptors (Lipinski definition) is 4. The molecular formula is C5H13Cl2N3O2. The van der Waals surface area contributed by atoms with Gasteiger partial charge in [0.2, 0.25) is 11.8 Å². The summed E-state index contributed by atoms with van der Waals surface area (Å²) in [6.07, 6.45) is 0. The summed E-state index contributed by atoms with van der Waals surface area (Å²) in [5, 5.41) is 2.00. The van der Waals surface area contributed by atoms with Crippen LogP contribution in [0.1, 0.15) is 6.92 Å². The quantitative estimate of drug-likeness (QED) is 0.541. The first-order chi connectivity index (χ1) is 4.57. The van der Waals surface area contributed by atoms with Gasteiger partial charge in [-0.05, 0) is 6.92 Å². The van der Waals surface area contributed by atoms with Gasteiger partial charge in [0.25, 0.3) is 0 Å². The SMILES string of the molecule is CC(N)C(=O)NC(=O)CN.Cl.Cl. The number of rotatable bonds is 2. The molecule has 0 saturated carbocycles. The lowest BCUT2D eigenvalue weighted by molar-refractivity contribution is -0.130. The highest BCUT2D eigenvalue weighted by atomic mass is 35.5. The summed E-state index contributed by atoms with van der Waals surface area (Å²) in [4.78, 5) is 21.0. The molecule has 0 aliphatic heterocycles. The number of carbonyl (C=O) groups is 2. The van der Waals surface area contributed by atoms with E-state index in [1.165, 1.54) is 6.92 Å². The van der Waals surface area contributed by atoms with Gasteiger partial charge < -0.3 is 11.5 Å². The molecule has 0 saturated heterocycles. The Morgan fingerprint density at radius 2 is 1.83 bits per heavy atom. The van der Waals surface area contributed by atoms with Crippen LogP contribution in [-0.2, 0) is 9.59 Å². The van der Waals surface area contributed by atoms with Gasteiger partial charge in [-0.2, -0.15) is 0 Å². The molecule has 0 rings (SSSR count). The molecule has 1 atom stereocenters. The average molecular weight is 218 g/mol. The van der Waals surface area contributed by atoms with Gasteiger partial charge >= 0.3 is 0 Å². The van der Waals surface area contributed by atoms with E-state index in [4.69, 9.17) is 11.5 Å². The Labute approximate surface area is 83.1 Å². The Bertz CT molecular complexity index is 152. The Balaban J connectivity index is -0.000000405. The van der Waals surface area contributed by atoms with E-state index in [1.807, 2.05) is 5.32 Å².